The minimum Gasteiger partial charge on any atom is -1.00 e. The third-order valence-corrected chi connectivity index (χ3v) is 4.25. The molecule has 0 fully saturated rings. The molecule has 1 heterocycles. The van der Waals surface area contributed by atoms with Gasteiger partial charge < -0.3 is 24.0 Å². The fourth-order valence-electron chi connectivity index (χ4n) is 2.42. The molecule has 1 unspecified atom stereocenters. The first-order valence-corrected chi connectivity index (χ1v) is 8.68. The first kappa shape index (κ1) is 20.0. The number of nitrogens with zero attached hydrogens (tertiary/aromatic N) is 1. The lowest BCUT2D eigenvalue weighted by Crippen LogP contribution is -3.00. The highest BCUT2D eigenvalue weighted by Gasteiger charge is 2.21. The third-order valence-electron chi connectivity index (χ3n) is 3.67. The van der Waals surface area contributed by atoms with Gasteiger partial charge in [0.25, 0.3) is 0 Å². The summed E-state index contributed by atoms with van der Waals surface area (Å²) in [6, 6.07) is 8.42. The number of hydrazone groups is 1. The molecule has 2 rings (SSSR count). The number of aryl methyl sites for hydroxylation is 1. The summed E-state index contributed by atoms with van der Waals surface area (Å²) < 4.78 is 0. The fraction of sp³-hybridized carbons (Fsp3) is 0.438. The van der Waals surface area contributed by atoms with Crippen molar-refractivity contribution >= 4 is 28.5 Å². The lowest BCUT2D eigenvalue weighted by molar-refractivity contribution is -0.455. The highest BCUT2D eigenvalue weighted by atomic mass is 127. The number of thioether (sulfide) groups is 1. The molecule has 0 saturated carbocycles. The van der Waals surface area contributed by atoms with E-state index in [1.807, 2.05) is 13.2 Å². The molecule has 0 saturated heterocycles. The summed E-state index contributed by atoms with van der Waals surface area (Å²) in [4.78, 5) is 14.5. The van der Waals surface area contributed by atoms with Crippen LogP contribution in [0.3, 0.4) is 0 Å². The van der Waals surface area contributed by atoms with E-state index in [1.165, 1.54) is 17.3 Å². The average Bonchev–Trinajstić information content (AvgIpc) is 2.52. The summed E-state index contributed by atoms with van der Waals surface area (Å²) in [6.45, 7) is 2.91. The zero-order chi connectivity index (χ0) is 15.9. The van der Waals surface area contributed by atoms with Crippen LogP contribution in [0.25, 0.3) is 0 Å². The van der Waals surface area contributed by atoms with Crippen molar-refractivity contribution in [1.29, 1.82) is 0 Å². The molecule has 1 aliphatic heterocycles. The van der Waals surface area contributed by atoms with Crippen LogP contribution in [0.1, 0.15) is 30.9 Å². The van der Waals surface area contributed by atoms with Crippen LogP contribution in [0.15, 0.2) is 29.4 Å². The zero-order valence-corrected chi connectivity index (χ0v) is 16.4. The number of rotatable bonds is 5. The van der Waals surface area contributed by atoms with Crippen molar-refractivity contribution in [2.24, 2.45) is 16.8 Å². The van der Waals surface area contributed by atoms with Crippen LogP contribution in [0.5, 0.6) is 0 Å². The summed E-state index contributed by atoms with van der Waals surface area (Å²) in [5, 5.41) is 4.95. The van der Waals surface area contributed by atoms with Crippen molar-refractivity contribution in [3.05, 3.63) is 35.4 Å². The lowest BCUT2D eigenvalue weighted by Gasteiger charge is -2.19. The van der Waals surface area contributed by atoms with Crippen LogP contribution >= 0.6 is 11.8 Å². The second kappa shape index (κ2) is 9.92. The van der Waals surface area contributed by atoms with E-state index in [-0.39, 0.29) is 35.8 Å². The Balaban J connectivity index is 0.00000264. The van der Waals surface area contributed by atoms with E-state index in [9.17, 15) is 4.79 Å². The lowest BCUT2D eigenvalue weighted by atomic mass is 9.93. The molecule has 0 aliphatic carbocycles. The number of halogens is 1. The number of hydrogen-bond acceptors (Lipinski definition) is 3. The number of carbonyl (C=O) groups is 1. The van der Waals surface area contributed by atoms with E-state index in [2.05, 4.69) is 39.8 Å². The summed E-state index contributed by atoms with van der Waals surface area (Å²) in [5.41, 5.74) is 11.6. The van der Waals surface area contributed by atoms with Gasteiger partial charge in [0.1, 0.15) is 0 Å². The highest BCUT2D eigenvalue weighted by molar-refractivity contribution is 8.12. The third kappa shape index (κ3) is 6.14. The summed E-state index contributed by atoms with van der Waals surface area (Å²) in [7, 11) is 0. The van der Waals surface area contributed by atoms with Crippen molar-refractivity contribution in [2.75, 3.05) is 12.8 Å². The molecular formula is C16H23IN4OS. The molecule has 1 aromatic rings. The molecule has 23 heavy (non-hydrogen) atoms. The second-order valence-corrected chi connectivity index (χ2v) is 6.28. The van der Waals surface area contributed by atoms with Gasteiger partial charge in [-0.2, -0.15) is 5.10 Å². The summed E-state index contributed by atoms with van der Waals surface area (Å²) >= 11 is 1.53. The van der Waals surface area contributed by atoms with Crippen LogP contribution in [-0.4, -0.2) is 29.6 Å². The van der Waals surface area contributed by atoms with Gasteiger partial charge in [-0.3, -0.25) is 15.5 Å². The molecule has 7 heteroatoms. The maximum absolute atomic E-state index is 11.3. The van der Waals surface area contributed by atoms with Crippen molar-refractivity contribution in [2.45, 2.75) is 26.2 Å². The first-order chi connectivity index (χ1) is 10.6. The maximum atomic E-state index is 11.3. The predicted molar refractivity (Wildman–Crippen MR) is 91.8 cm³/mol. The molecule has 1 aliphatic rings. The quantitative estimate of drug-likeness (QED) is 0.199. The monoisotopic (exact) mass is 446 g/mol. The van der Waals surface area contributed by atoms with Crippen LogP contribution in [0.4, 0.5) is 0 Å². The number of amidine groups is 1. The van der Waals surface area contributed by atoms with Gasteiger partial charge in [-0.05, 0) is 42.0 Å². The number of carbonyl (C=O) groups excluding carboxylic acids is 1. The molecule has 1 atom stereocenters. The van der Waals surface area contributed by atoms with Crippen molar-refractivity contribution in [1.82, 2.24) is 5.43 Å². The number of hydrogen-bond donors (Lipinski definition) is 3. The van der Waals surface area contributed by atoms with E-state index >= 15 is 0 Å². The molecule has 1 aromatic carbocycles. The largest absolute Gasteiger partial charge is 1.00 e. The molecule has 0 bridgehead atoms. The Morgan fingerprint density at radius 2 is 2.13 bits per heavy atom. The molecule has 0 radical (unpaired) electrons. The zero-order valence-electron chi connectivity index (χ0n) is 13.4. The van der Waals surface area contributed by atoms with Crippen molar-refractivity contribution in [3.8, 4) is 0 Å². The number of amides is 1. The Kier molecular flexibility index (Phi) is 8.60. The molecule has 126 valence electrons. The summed E-state index contributed by atoms with van der Waals surface area (Å²) in [5.74, 6) is 0.149. The molecule has 0 spiro atoms. The molecule has 1 amide bonds. The van der Waals surface area contributed by atoms with Gasteiger partial charge in [-0.1, -0.05) is 31.2 Å². The summed E-state index contributed by atoms with van der Waals surface area (Å²) in [6.07, 6.45) is 4.50. The fourth-order valence-corrected chi connectivity index (χ4v) is 2.67. The van der Waals surface area contributed by atoms with Crippen LogP contribution in [0.2, 0.25) is 0 Å². The van der Waals surface area contributed by atoms with E-state index in [1.54, 1.807) is 0 Å². The van der Waals surface area contributed by atoms with Crippen molar-refractivity contribution in [3.63, 3.8) is 0 Å². The highest BCUT2D eigenvalue weighted by Crippen LogP contribution is 2.17. The van der Waals surface area contributed by atoms with Gasteiger partial charge >= 0.3 is 5.17 Å². The van der Waals surface area contributed by atoms with Crippen LogP contribution in [-0.2, 0) is 11.2 Å². The molecular weight excluding hydrogens is 423 g/mol. The standard InChI is InChI=1S/C16H22N4OS.HI/c1-11-10-14(21)19-20-15(11)13-7-5-12(6-8-13)4-3-9-18-16(17)22-2;/h5-8,11H,3-4,9-10H2,1-2H3,(H2,17,18)(H,19,21);1H. The first-order valence-electron chi connectivity index (χ1n) is 7.46. The van der Waals surface area contributed by atoms with Gasteiger partial charge in [0, 0.05) is 12.3 Å². The van der Waals surface area contributed by atoms with E-state index in [4.69, 9.17) is 5.73 Å². The smallest absolute Gasteiger partial charge is 0.301 e. The minimum absolute atomic E-state index is 0. The van der Waals surface area contributed by atoms with Crippen LogP contribution < -0.4 is 40.1 Å². The Labute approximate surface area is 158 Å². The number of nitrogens with one attached hydrogen (secondary N) is 2. The van der Waals surface area contributed by atoms with Gasteiger partial charge in [-0.25, -0.2) is 5.43 Å². The topological polar surface area (TPSA) is 81.4 Å². The van der Waals surface area contributed by atoms with Gasteiger partial charge in [0.2, 0.25) is 5.91 Å². The molecule has 4 N–H and O–H groups in total. The minimum atomic E-state index is -0.0123. The maximum Gasteiger partial charge on any atom is 0.301 e. The molecule has 5 nitrogen and oxygen atoms in total. The normalized spacial score (nSPS) is 18.0. The number of nitrogens with two attached hydrogens (primary N) is 1. The Morgan fingerprint density at radius 3 is 2.74 bits per heavy atom. The Bertz CT molecular complexity index is 586. The second-order valence-electron chi connectivity index (χ2n) is 5.43. The van der Waals surface area contributed by atoms with Gasteiger partial charge in [0.15, 0.2) is 0 Å². The van der Waals surface area contributed by atoms with Gasteiger partial charge in [0.05, 0.1) is 12.3 Å². The average molecular weight is 446 g/mol. The number of benzene rings is 1. The SMILES string of the molecule is CSC(N)=[NH+]CCCc1ccc(C2=NNC(=O)CC2C)cc1.[I-]. The van der Waals surface area contributed by atoms with E-state index in [0.717, 1.165) is 35.8 Å². The predicted octanol–water partition coefficient (Wildman–Crippen LogP) is -2.76. The van der Waals surface area contributed by atoms with E-state index in [0.29, 0.717) is 6.42 Å². The Hall–Kier alpha value is -1.09. The van der Waals surface area contributed by atoms with Gasteiger partial charge in [-0.15, -0.1) is 0 Å². The van der Waals surface area contributed by atoms with Crippen molar-refractivity contribution < 1.29 is 33.8 Å². The van der Waals surface area contributed by atoms with E-state index < -0.39 is 0 Å². The Morgan fingerprint density at radius 1 is 1.43 bits per heavy atom. The van der Waals surface area contributed by atoms with Crippen LogP contribution in [0, 0.1) is 5.92 Å². The molecule has 0 aromatic heterocycles.